The first-order valence-electron chi connectivity index (χ1n) is 7.37. The molecule has 0 aromatic heterocycles. The van der Waals surface area contributed by atoms with Gasteiger partial charge in [-0.2, -0.15) is 5.26 Å². The number of rotatable bonds is 5. The zero-order chi connectivity index (χ0) is 18.1. The molecule has 2 aromatic rings. The third-order valence-electron chi connectivity index (χ3n) is 3.19. The molecule has 0 saturated carbocycles. The number of benzene rings is 2. The number of carbonyl (C=O) groups excluding carboxylic acids is 2. The minimum Gasteiger partial charge on any atom is -0.480 e. The summed E-state index contributed by atoms with van der Waals surface area (Å²) < 4.78 is 5.40. The van der Waals surface area contributed by atoms with Crippen LogP contribution < -0.4 is 15.8 Å². The summed E-state index contributed by atoms with van der Waals surface area (Å²) in [5, 5.41) is 11.4. The van der Waals surface area contributed by atoms with Gasteiger partial charge in [0.1, 0.15) is 12.4 Å². The van der Waals surface area contributed by atoms with Gasteiger partial charge in [0.2, 0.25) is 0 Å². The van der Waals surface area contributed by atoms with Crippen LogP contribution in [0.2, 0.25) is 0 Å². The van der Waals surface area contributed by atoms with Crippen molar-refractivity contribution in [2.75, 3.05) is 13.2 Å². The van der Waals surface area contributed by atoms with E-state index in [-0.39, 0.29) is 19.1 Å². The normalized spacial score (nSPS) is 9.24. The van der Waals surface area contributed by atoms with E-state index in [1.165, 1.54) is 0 Å². The van der Waals surface area contributed by atoms with Gasteiger partial charge >= 0.3 is 0 Å². The van der Waals surface area contributed by atoms with E-state index in [0.29, 0.717) is 22.4 Å². The average molecular weight is 333 g/mol. The Balaban J connectivity index is 1.80. The number of hydrogen-bond acceptors (Lipinski definition) is 4. The maximum Gasteiger partial charge on any atom is 0.252 e. The van der Waals surface area contributed by atoms with Crippen LogP contribution in [-0.4, -0.2) is 25.0 Å². The van der Waals surface area contributed by atoms with Crippen LogP contribution in [0.25, 0.3) is 0 Å². The Bertz CT molecular complexity index is 871. The molecule has 0 radical (unpaired) electrons. The first-order valence-corrected chi connectivity index (χ1v) is 7.37. The molecule has 0 atom stereocenters. The topological polar surface area (TPSA) is 105 Å². The van der Waals surface area contributed by atoms with Crippen LogP contribution in [-0.2, 0) is 0 Å². The number of ether oxygens (including phenoxy) is 1. The molecule has 0 saturated heterocycles. The van der Waals surface area contributed by atoms with E-state index in [1.54, 1.807) is 48.5 Å². The lowest BCUT2D eigenvalue weighted by Crippen LogP contribution is -2.23. The molecule has 124 valence electrons. The molecule has 2 rings (SSSR count). The van der Waals surface area contributed by atoms with Gasteiger partial charge in [0.25, 0.3) is 11.8 Å². The largest absolute Gasteiger partial charge is 0.480 e. The first-order chi connectivity index (χ1) is 12.1. The highest BCUT2D eigenvalue weighted by Gasteiger charge is 2.07. The molecular formula is C19H15N3O3. The predicted octanol–water partition coefficient (Wildman–Crippen LogP) is 1.47. The van der Waals surface area contributed by atoms with Gasteiger partial charge < -0.3 is 15.8 Å². The Labute approximate surface area is 145 Å². The van der Waals surface area contributed by atoms with Gasteiger partial charge in [-0.3, -0.25) is 9.59 Å². The quantitative estimate of drug-likeness (QED) is 0.808. The number of hydrogen-bond donors (Lipinski definition) is 2. The van der Waals surface area contributed by atoms with Crippen LogP contribution in [0, 0.1) is 23.2 Å². The van der Waals surface area contributed by atoms with Gasteiger partial charge in [0.05, 0.1) is 23.7 Å². The van der Waals surface area contributed by atoms with Gasteiger partial charge in [-0.1, -0.05) is 24.0 Å². The van der Waals surface area contributed by atoms with Crippen LogP contribution in [0.5, 0.6) is 5.75 Å². The van der Waals surface area contributed by atoms with Crippen molar-refractivity contribution >= 4 is 11.8 Å². The average Bonchev–Trinajstić information content (AvgIpc) is 2.64. The summed E-state index contributed by atoms with van der Waals surface area (Å²) in [6, 6.07) is 14.9. The molecular weight excluding hydrogens is 318 g/mol. The number of para-hydroxylation sites is 1. The zero-order valence-corrected chi connectivity index (χ0v) is 13.3. The van der Waals surface area contributed by atoms with E-state index in [2.05, 4.69) is 17.2 Å². The molecule has 3 N–H and O–H groups in total. The molecule has 0 unspecified atom stereocenters. The number of primary amides is 1. The summed E-state index contributed by atoms with van der Waals surface area (Å²) in [5.41, 5.74) is 6.49. The first kappa shape index (κ1) is 17.6. The van der Waals surface area contributed by atoms with Crippen LogP contribution >= 0.6 is 0 Å². The van der Waals surface area contributed by atoms with Crippen molar-refractivity contribution in [2.45, 2.75) is 0 Å². The minimum atomic E-state index is -0.571. The van der Waals surface area contributed by atoms with Crippen molar-refractivity contribution in [3.05, 3.63) is 65.2 Å². The van der Waals surface area contributed by atoms with Gasteiger partial charge in [0, 0.05) is 5.56 Å². The van der Waals surface area contributed by atoms with Crippen molar-refractivity contribution in [3.8, 4) is 23.7 Å². The van der Waals surface area contributed by atoms with Crippen molar-refractivity contribution < 1.29 is 14.3 Å². The van der Waals surface area contributed by atoms with Gasteiger partial charge in [-0.25, -0.2) is 0 Å². The van der Waals surface area contributed by atoms with E-state index in [0.717, 1.165) is 0 Å². The second-order valence-corrected chi connectivity index (χ2v) is 4.87. The highest BCUT2D eigenvalue weighted by atomic mass is 16.5. The molecule has 6 nitrogen and oxygen atoms in total. The number of nitrogens with two attached hydrogens (primary N) is 1. The third-order valence-corrected chi connectivity index (χ3v) is 3.19. The molecule has 0 fully saturated rings. The lowest BCUT2D eigenvalue weighted by molar-refractivity contribution is 0.0957. The zero-order valence-electron chi connectivity index (χ0n) is 13.3. The fraction of sp³-hybridized carbons (Fsp3) is 0.105. The lowest BCUT2D eigenvalue weighted by Gasteiger charge is -2.05. The third kappa shape index (κ3) is 5.12. The molecule has 0 aliphatic rings. The minimum absolute atomic E-state index is 0.0665. The number of carbonyl (C=O) groups is 2. The maximum atomic E-state index is 11.9. The van der Waals surface area contributed by atoms with Gasteiger partial charge in [-0.05, 0) is 36.4 Å². The summed E-state index contributed by atoms with van der Waals surface area (Å²) >= 11 is 0. The van der Waals surface area contributed by atoms with Crippen LogP contribution in [0.15, 0.2) is 48.5 Å². The molecule has 0 spiro atoms. The second kappa shape index (κ2) is 8.76. The van der Waals surface area contributed by atoms with Crippen molar-refractivity contribution in [1.29, 1.82) is 5.26 Å². The smallest absolute Gasteiger partial charge is 0.252 e. The van der Waals surface area contributed by atoms with E-state index < -0.39 is 5.91 Å². The van der Waals surface area contributed by atoms with Crippen molar-refractivity contribution in [1.82, 2.24) is 5.32 Å². The summed E-state index contributed by atoms with van der Waals surface area (Å²) in [5.74, 6) is 5.01. The number of nitrogens with zero attached hydrogens (tertiary/aromatic N) is 1. The summed E-state index contributed by atoms with van der Waals surface area (Å²) in [7, 11) is 0. The summed E-state index contributed by atoms with van der Waals surface area (Å²) in [4.78, 5) is 23.1. The van der Waals surface area contributed by atoms with Gasteiger partial charge in [-0.15, -0.1) is 0 Å². The molecule has 2 aromatic carbocycles. The monoisotopic (exact) mass is 333 g/mol. The molecule has 6 heteroatoms. The fourth-order valence-electron chi connectivity index (χ4n) is 1.95. The number of nitrogens with one attached hydrogen (secondary N) is 1. The van der Waals surface area contributed by atoms with E-state index in [1.807, 2.05) is 6.07 Å². The van der Waals surface area contributed by atoms with Crippen molar-refractivity contribution in [2.24, 2.45) is 5.73 Å². The Kier molecular flexibility index (Phi) is 6.16. The molecule has 0 heterocycles. The standard InChI is InChI=1S/C19H15N3O3/c20-13-14-7-9-15(10-8-14)19(24)22-11-3-4-12-25-17-6-2-1-5-16(17)18(21)23/h1-2,5-10H,11-12H2,(H2,21,23)(H,22,24). The highest BCUT2D eigenvalue weighted by Crippen LogP contribution is 2.16. The Morgan fingerprint density at radius 3 is 2.48 bits per heavy atom. The fourth-order valence-corrected chi connectivity index (χ4v) is 1.95. The molecule has 2 amide bonds. The van der Waals surface area contributed by atoms with E-state index in [4.69, 9.17) is 15.7 Å². The number of amides is 2. The van der Waals surface area contributed by atoms with E-state index >= 15 is 0 Å². The molecule has 0 bridgehead atoms. The lowest BCUT2D eigenvalue weighted by atomic mass is 10.1. The number of nitriles is 1. The summed E-state index contributed by atoms with van der Waals surface area (Å²) in [6.07, 6.45) is 0. The second-order valence-electron chi connectivity index (χ2n) is 4.87. The SMILES string of the molecule is N#Cc1ccc(C(=O)NCC#CCOc2ccccc2C(N)=O)cc1. The molecule has 0 aliphatic heterocycles. The highest BCUT2D eigenvalue weighted by molar-refractivity contribution is 5.95. The Morgan fingerprint density at radius 1 is 1.08 bits per heavy atom. The Morgan fingerprint density at radius 2 is 1.80 bits per heavy atom. The Hall–Kier alpha value is -3.77. The molecule has 0 aliphatic carbocycles. The summed E-state index contributed by atoms with van der Waals surface area (Å²) in [6.45, 7) is 0.219. The van der Waals surface area contributed by atoms with Crippen molar-refractivity contribution in [3.63, 3.8) is 0 Å². The predicted molar refractivity (Wildman–Crippen MR) is 91.7 cm³/mol. The maximum absolute atomic E-state index is 11.9. The van der Waals surface area contributed by atoms with E-state index in [9.17, 15) is 9.59 Å². The van der Waals surface area contributed by atoms with Crippen LogP contribution in [0.1, 0.15) is 26.3 Å². The van der Waals surface area contributed by atoms with Crippen LogP contribution in [0.3, 0.4) is 0 Å². The van der Waals surface area contributed by atoms with Crippen LogP contribution in [0.4, 0.5) is 0 Å². The molecule has 25 heavy (non-hydrogen) atoms. The van der Waals surface area contributed by atoms with Gasteiger partial charge in [0.15, 0.2) is 0 Å².